The van der Waals surface area contributed by atoms with E-state index >= 15 is 0 Å². The first-order valence-corrected chi connectivity index (χ1v) is 10.7. The fourth-order valence-corrected chi connectivity index (χ4v) is 2.66. The molecule has 0 atom stereocenters. The van der Waals surface area contributed by atoms with Gasteiger partial charge < -0.3 is 14.6 Å². The fourth-order valence-electron chi connectivity index (χ4n) is 2.66. The van der Waals surface area contributed by atoms with Crippen molar-refractivity contribution in [1.82, 2.24) is 0 Å². The Kier molecular flexibility index (Phi) is 11.9. The number of hydrogen-bond acceptors (Lipinski definition) is 5. The maximum atomic E-state index is 11.6. The molecule has 5 heteroatoms. The molecule has 5 nitrogen and oxygen atoms in total. The van der Waals surface area contributed by atoms with Crippen molar-refractivity contribution >= 4 is 11.9 Å². The summed E-state index contributed by atoms with van der Waals surface area (Å²) in [5, 5.41) is 8.54. The van der Waals surface area contributed by atoms with Crippen LogP contribution in [0, 0.1) is 0 Å². The van der Waals surface area contributed by atoms with E-state index in [-0.39, 0.29) is 18.5 Å². The van der Waals surface area contributed by atoms with Crippen molar-refractivity contribution in [3.63, 3.8) is 0 Å². The fraction of sp³-hybridized carbons (Fsp3) is 0.103. The molecule has 0 radical (unpaired) electrons. The van der Waals surface area contributed by atoms with E-state index in [4.69, 9.17) is 9.84 Å². The lowest BCUT2D eigenvalue weighted by molar-refractivity contribution is 0.0472. The molecule has 0 bridgehead atoms. The summed E-state index contributed by atoms with van der Waals surface area (Å²) in [6.45, 7) is 0.454. The Hall–Kier alpha value is -4.22. The van der Waals surface area contributed by atoms with E-state index in [9.17, 15) is 9.59 Å². The Labute approximate surface area is 200 Å². The van der Waals surface area contributed by atoms with E-state index in [1.165, 1.54) is 7.11 Å². The van der Waals surface area contributed by atoms with Gasteiger partial charge in [0.25, 0.3) is 0 Å². The summed E-state index contributed by atoms with van der Waals surface area (Å²) in [4.78, 5) is 22.4. The molecule has 0 amide bonds. The zero-order chi connectivity index (χ0) is 24.4. The van der Waals surface area contributed by atoms with Crippen molar-refractivity contribution in [2.24, 2.45) is 0 Å². The first-order valence-electron chi connectivity index (χ1n) is 10.7. The topological polar surface area (TPSA) is 72.8 Å². The Bertz CT molecular complexity index is 1080. The van der Waals surface area contributed by atoms with Crippen molar-refractivity contribution < 1.29 is 24.2 Å². The Balaban J connectivity index is 0.000000195. The van der Waals surface area contributed by atoms with Crippen molar-refractivity contribution in [2.75, 3.05) is 7.11 Å². The standard InChI is InChI=1S/C14H12O2.C8H8O2.C7H8O/c15-14(13-9-5-2-6-10-13)16-11-12-7-3-1-4-8-12;1-10-8(9)7-5-3-2-4-6-7;8-6-7-4-2-1-3-5-7/h1-10H,11H2;2-6H,1H3;1-5,8H,6H2. The van der Waals surface area contributed by atoms with Crippen LogP contribution in [0.2, 0.25) is 0 Å². The molecular formula is C29H28O5. The molecule has 0 aliphatic heterocycles. The van der Waals surface area contributed by atoms with E-state index in [2.05, 4.69) is 4.74 Å². The zero-order valence-corrected chi connectivity index (χ0v) is 19.0. The Morgan fingerprint density at radius 2 is 0.971 bits per heavy atom. The lowest BCUT2D eigenvalue weighted by Gasteiger charge is -2.04. The molecular weight excluding hydrogens is 428 g/mol. The lowest BCUT2D eigenvalue weighted by atomic mass is 10.2. The Morgan fingerprint density at radius 3 is 1.35 bits per heavy atom. The van der Waals surface area contributed by atoms with E-state index in [1.807, 2.05) is 84.9 Å². The summed E-state index contributed by atoms with van der Waals surface area (Å²) in [6.07, 6.45) is 0. The first kappa shape index (κ1) is 26.0. The number of benzene rings is 4. The van der Waals surface area contributed by atoms with E-state index in [0.717, 1.165) is 11.1 Å². The molecule has 0 unspecified atom stereocenters. The third kappa shape index (κ3) is 9.94. The average Bonchev–Trinajstić information content (AvgIpc) is 2.94. The number of aliphatic hydroxyl groups excluding tert-OH is 1. The highest BCUT2D eigenvalue weighted by atomic mass is 16.5. The number of hydrogen-bond donors (Lipinski definition) is 1. The van der Waals surface area contributed by atoms with Crippen molar-refractivity contribution in [3.05, 3.63) is 144 Å². The molecule has 0 heterocycles. The second kappa shape index (κ2) is 15.6. The highest BCUT2D eigenvalue weighted by Crippen LogP contribution is 2.05. The number of ether oxygens (including phenoxy) is 2. The number of esters is 2. The van der Waals surface area contributed by atoms with Crippen LogP contribution in [-0.4, -0.2) is 24.2 Å². The molecule has 0 aromatic heterocycles. The third-order valence-corrected chi connectivity index (χ3v) is 4.44. The van der Waals surface area contributed by atoms with Gasteiger partial charge in [0.05, 0.1) is 24.8 Å². The van der Waals surface area contributed by atoms with Gasteiger partial charge in [-0.05, 0) is 35.4 Å². The van der Waals surface area contributed by atoms with Gasteiger partial charge in [-0.2, -0.15) is 0 Å². The molecule has 0 spiro atoms. The normalized spacial score (nSPS) is 9.35. The highest BCUT2D eigenvalue weighted by molar-refractivity contribution is 5.89. The highest BCUT2D eigenvalue weighted by Gasteiger charge is 2.05. The van der Waals surface area contributed by atoms with Crippen molar-refractivity contribution in [1.29, 1.82) is 0 Å². The summed E-state index contributed by atoms with van der Waals surface area (Å²) in [6, 6.07) is 37.0. The third-order valence-electron chi connectivity index (χ3n) is 4.44. The number of carbonyl (C=O) groups excluding carboxylic acids is 2. The summed E-state index contributed by atoms with van der Waals surface area (Å²) in [5.41, 5.74) is 3.13. The zero-order valence-electron chi connectivity index (χ0n) is 19.0. The maximum Gasteiger partial charge on any atom is 0.338 e. The molecule has 0 fully saturated rings. The van der Waals surface area contributed by atoms with Gasteiger partial charge in [-0.1, -0.05) is 97.1 Å². The van der Waals surface area contributed by atoms with E-state index in [0.29, 0.717) is 17.7 Å². The van der Waals surface area contributed by atoms with Crippen LogP contribution in [0.1, 0.15) is 31.8 Å². The largest absolute Gasteiger partial charge is 0.465 e. The predicted molar refractivity (Wildman–Crippen MR) is 132 cm³/mol. The molecule has 4 rings (SSSR count). The Morgan fingerprint density at radius 1 is 0.588 bits per heavy atom. The molecule has 0 aliphatic rings. The van der Waals surface area contributed by atoms with Crippen LogP contribution >= 0.6 is 0 Å². The summed E-state index contributed by atoms with van der Waals surface area (Å²) >= 11 is 0. The molecule has 0 aliphatic carbocycles. The molecule has 1 N–H and O–H groups in total. The number of methoxy groups -OCH3 is 1. The molecule has 34 heavy (non-hydrogen) atoms. The van der Waals surface area contributed by atoms with E-state index in [1.54, 1.807) is 36.4 Å². The van der Waals surface area contributed by atoms with Crippen molar-refractivity contribution in [3.8, 4) is 0 Å². The average molecular weight is 457 g/mol. The molecule has 0 saturated heterocycles. The van der Waals surface area contributed by atoms with Gasteiger partial charge in [-0.3, -0.25) is 0 Å². The number of carbonyl (C=O) groups is 2. The maximum absolute atomic E-state index is 11.6. The van der Waals surface area contributed by atoms with Gasteiger partial charge in [0, 0.05) is 0 Å². The van der Waals surface area contributed by atoms with Crippen LogP contribution in [-0.2, 0) is 22.7 Å². The summed E-state index contributed by atoms with van der Waals surface area (Å²) in [5.74, 6) is -0.579. The van der Waals surface area contributed by atoms with Gasteiger partial charge >= 0.3 is 11.9 Å². The minimum Gasteiger partial charge on any atom is -0.465 e. The first-order chi connectivity index (χ1) is 16.6. The second-order valence-corrected chi connectivity index (χ2v) is 6.93. The van der Waals surface area contributed by atoms with Gasteiger partial charge in [0.2, 0.25) is 0 Å². The second-order valence-electron chi connectivity index (χ2n) is 6.93. The number of rotatable bonds is 5. The summed E-state index contributed by atoms with van der Waals surface area (Å²) in [7, 11) is 1.37. The molecule has 0 saturated carbocycles. The smallest absolute Gasteiger partial charge is 0.338 e. The minimum atomic E-state index is -0.291. The molecule has 174 valence electrons. The van der Waals surface area contributed by atoms with E-state index < -0.39 is 0 Å². The SMILES string of the molecule is COC(=O)c1ccccc1.O=C(OCc1ccccc1)c1ccccc1.OCc1ccccc1. The lowest BCUT2D eigenvalue weighted by Crippen LogP contribution is -2.04. The van der Waals surface area contributed by atoms with Crippen LogP contribution in [0.4, 0.5) is 0 Å². The van der Waals surface area contributed by atoms with Gasteiger partial charge in [-0.25, -0.2) is 9.59 Å². The van der Waals surface area contributed by atoms with Crippen molar-refractivity contribution in [2.45, 2.75) is 13.2 Å². The van der Waals surface area contributed by atoms with Gasteiger partial charge in [0.15, 0.2) is 0 Å². The predicted octanol–water partition coefficient (Wildman–Crippen LogP) is 5.70. The quantitative estimate of drug-likeness (QED) is 0.390. The van der Waals surface area contributed by atoms with Gasteiger partial charge in [-0.15, -0.1) is 0 Å². The minimum absolute atomic E-state index is 0.140. The number of aliphatic hydroxyl groups is 1. The van der Waals surface area contributed by atoms with Crippen LogP contribution in [0.5, 0.6) is 0 Å². The van der Waals surface area contributed by atoms with Crippen LogP contribution < -0.4 is 0 Å². The van der Waals surface area contributed by atoms with Crippen LogP contribution in [0.3, 0.4) is 0 Å². The summed E-state index contributed by atoms with van der Waals surface area (Å²) < 4.78 is 9.67. The van der Waals surface area contributed by atoms with Gasteiger partial charge in [0.1, 0.15) is 6.61 Å². The molecule has 4 aromatic rings. The monoisotopic (exact) mass is 456 g/mol. The molecule has 4 aromatic carbocycles. The van der Waals surface area contributed by atoms with Crippen LogP contribution in [0.15, 0.2) is 121 Å². The van der Waals surface area contributed by atoms with Crippen LogP contribution in [0.25, 0.3) is 0 Å².